The zero-order valence-corrected chi connectivity index (χ0v) is 14.4. The van der Waals surface area contributed by atoms with Gasteiger partial charge in [-0.1, -0.05) is 40.6 Å². The van der Waals surface area contributed by atoms with Gasteiger partial charge in [0.15, 0.2) is 11.5 Å². The summed E-state index contributed by atoms with van der Waals surface area (Å²) in [6.07, 6.45) is 4.83. The summed E-state index contributed by atoms with van der Waals surface area (Å²) in [4.78, 5) is 12.3. The second-order valence-electron chi connectivity index (χ2n) is 6.78. The van der Waals surface area contributed by atoms with Crippen LogP contribution in [0.5, 0.6) is 0 Å². The molecule has 4 rings (SSSR count). The maximum Gasteiger partial charge on any atom is 0.273 e. The van der Waals surface area contributed by atoms with Gasteiger partial charge < -0.3 is 14.9 Å². The molecule has 7 heteroatoms. The summed E-state index contributed by atoms with van der Waals surface area (Å²) < 4.78 is 5.28. The first-order valence-electron chi connectivity index (χ1n) is 8.73. The van der Waals surface area contributed by atoms with E-state index in [1.807, 2.05) is 36.5 Å². The zero-order chi connectivity index (χ0) is 18.1. The van der Waals surface area contributed by atoms with Gasteiger partial charge in [-0.2, -0.15) is 5.01 Å². The summed E-state index contributed by atoms with van der Waals surface area (Å²) in [7, 11) is 0. The Hall–Kier alpha value is -2.77. The third kappa shape index (κ3) is 3.31. The first-order chi connectivity index (χ1) is 12.6. The lowest BCUT2D eigenvalue weighted by Gasteiger charge is -2.35. The average Bonchev–Trinajstić information content (AvgIpc) is 3.28. The van der Waals surface area contributed by atoms with Gasteiger partial charge in [-0.3, -0.25) is 4.79 Å². The van der Waals surface area contributed by atoms with Gasteiger partial charge in [0.1, 0.15) is 12.2 Å². The molecule has 134 valence electrons. The minimum Gasteiger partial charge on any atom is -0.388 e. The number of nitrogens with zero attached hydrogens (tertiary/aromatic N) is 2. The number of hydrogen-bond donors (Lipinski definition) is 3. The van der Waals surface area contributed by atoms with E-state index in [-0.39, 0.29) is 17.6 Å². The highest BCUT2D eigenvalue weighted by molar-refractivity contribution is 5.93. The highest BCUT2D eigenvalue weighted by atomic mass is 16.5. The molecule has 2 atom stereocenters. The SMILES string of the molecule is CC(O)C1=C[NH+](C2CC(NC(=O)c3cc(-c4ccccc4)on3)C2)N=C1. The summed E-state index contributed by atoms with van der Waals surface area (Å²) >= 11 is 0. The van der Waals surface area contributed by atoms with E-state index in [2.05, 4.69) is 15.6 Å². The Morgan fingerprint density at radius 3 is 2.81 bits per heavy atom. The molecule has 0 spiro atoms. The van der Waals surface area contributed by atoms with Gasteiger partial charge in [0, 0.05) is 30.5 Å². The van der Waals surface area contributed by atoms with E-state index >= 15 is 0 Å². The number of carbonyl (C=O) groups is 1. The molecule has 1 fully saturated rings. The predicted octanol–water partition coefficient (Wildman–Crippen LogP) is 0.751. The van der Waals surface area contributed by atoms with Crippen LogP contribution in [-0.4, -0.2) is 40.6 Å². The molecule has 1 aliphatic heterocycles. The molecule has 2 heterocycles. The molecule has 2 unspecified atom stereocenters. The Morgan fingerprint density at radius 2 is 2.12 bits per heavy atom. The second-order valence-corrected chi connectivity index (χ2v) is 6.78. The number of aliphatic hydroxyl groups is 1. The van der Waals surface area contributed by atoms with Crippen molar-refractivity contribution < 1.29 is 19.4 Å². The predicted molar refractivity (Wildman–Crippen MR) is 95.4 cm³/mol. The van der Waals surface area contributed by atoms with Crippen molar-refractivity contribution in [3.8, 4) is 11.3 Å². The Labute approximate surface area is 151 Å². The summed E-state index contributed by atoms with van der Waals surface area (Å²) in [6, 6.07) is 11.7. The van der Waals surface area contributed by atoms with Crippen molar-refractivity contribution in [3.63, 3.8) is 0 Å². The van der Waals surface area contributed by atoms with E-state index < -0.39 is 6.10 Å². The third-order valence-corrected chi connectivity index (χ3v) is 4.85. The summed E-state index contributed by atoms with van der Waals surface area (Å²) in [5.41, 5.74) is 2.01. The first kappa shape index (κ1) is 16.7. The smallest absolute Gasteiger partial charge is 0.273 e. The molecule has 1 amide bonds. The van der Waals surface area contributed by atoms with Crippen molar-refractivity contribution in [2.75, 3.05) is 0 Å². The maximum absolute atomic E-state index is 12.3. The van der Waals surface area contributed by atoms with Gasteiger partial charge in [-0.25, -0.2) is 0 Å². The molecular weight excluding hydrogens is 332 g/mol. The van der Waals surface area contributed by atoms with E-state index in [0.717, 1.165) is 29.0 Å². The Morgan fingerprint density at radius 1 is 1.35 bits per heavy atom. The standard InChI is InChI=1S/C19H20N4O3/c1-12(24)14-10-20-23(11-14)16-7-15(8-16)21-19(25)17-9-18(26-22-17)13-5-3-2-4-6-13/h2-6,9-12,15-16,24H,7-8H2,1H3,(H,21,25)/p+1. The number of quaternary nitrogens is 1. The van der Waals surface area contributed by atoms with Crippen molar-refractivity contribution in [2.45, 2.75) is 38.0 Å². The van der Waals surface area contributed by atoms with Crippen LogP contribution in [-0.2, 0) is 0 Å². The largest absolute Gasteiger partial charge is 0.388 e. The summed E-state index contributed by atoms with van der Waals surface area (Å²) in [5, 5.41) is 21.8. The number of aliphatic hydroxyl groups excluding tert-OH is 1. The van der Waals surface area contributed by atoms with Gasteiger partial charge in [-0.15, -0.1) is 0 Å². The zero-order valence-electron chi connectivity index (χ0n) is 14.4. The maximum atomic E-state index is 12.3. The van der Waals surface area contributed by atoms with E-state index in [0.29, 0.717) is 11.8 Å². The molecule has 26 heavy (non-hydrogen) atoms. The highest BCUT2D eigenvalue weighted by Gasteiger charge is 2.39. The number of aromatic nitrogens is 1. The molecule has 1 aromatic carbocycles. The van der Waals surface area contributed by atoms with E-state index in [1.165, 1.54) is 0 Å². The fraction of sp³-hybridized carbons (Fsp3) is 0.316. The van der Waals surface area contributed by atoms with Crippen molar-refractivity contribution in [1.82, 2.24) is 10.5 Å². The summed E-state index contributed by atoms with van der Waals surface area (Å²) in [5.74, 6) is 0.355. The molecule has 0 radical (unpaired) electrons. The minimum atomic E-state index is -0.502. The molecular formula is C19H21N4O3+. The number of nitrogens with one attached hydrogen (secondary N) is 2. The van der Waals surface area contributed by atoms with Crippen LogP contribution in [0, 0.1) is 0 Å². The fourth-order valence-electron chi connectivity index (χ4n) is 3.20. The normalized spacial score (nSPS) is 25.5. The van der Waals surface area contributed by atoms with Crippen LogP contribution >= 0.6 is 0 Å². The summed E-state index contributed by atoms with van der Waals surface area (Å²) in [6.45, 7) is 1.73. The Balaban J connectivity index is 1.31. The third-order valence-electron chi connectivity index (χ3n) is 4.85. The molecule has 7 nitrogen and oxygen atoms in total. The van der Waals surface area contributed by atoms with Crippen LogP contribution in [0.25, 0.3) is 11.3 Å². The molecule has 0 saturated heterocycles. The van der Waals surface area contributed by atoms with Crippen LogP contribution in [0.4, 0.5) is 0 Å². The van der Waals surface area contributed by atoms with Gasteiger partial charge in [-0.05, 0) is 6.92 Å². The van der Waals surface area contributed by atoms with Crippen LogP contribution in [0.15, 0.2) is 57.8 Å². The van der Waals surface area contributed by atoms with Crippen molar-refractivity contribution in [1.29, 1.82) is 0 Å². The molecule has 2 aliphatic rings. The van der Waals surface area contributed by atoms with E-state index in [4.69, 9.17) is 4.52 Å². The van der Waals surface area contributed by atoms with Crippen LogP contribution in [0.1, 0.15) is 30.3 Å². The monoisotopic (exact) mass is 353 g/mol. The second kappa shape index (κ2) is 6.86. The lowest BCUT2D eigenvalue weighted by Crippen LogP contribution is -3.08. The number of hydrogen-bond acceptors (Lipinski definition) is 5. The Bertz CT molecular complexity index is 851. The number of carbonyl (C=O) groups excluding carboxylic acids is 1. The van der Waals surface area contributed by atoms with Crippen molar-refractivity contribution >= 4 is 12.1 Å². The lowest BCUT2D eigenvalue weighted by molar-refractivity contribution is -0.886. The highest BCUT2D eigenvalue weighted by Crippen LogP contribution is 2.22. The van der Waals surface area contributed by atoms with Crippen molar-refractivity contribution in [3.05, 3.63) is 53.9 Å². The Kier molecular flexibility index (Phi) is 4.40. The van der Waals surface area contributed by atoms with Gasteiger partial charge in [0.05, 0.1) is 17.9 Å². The quantitative estimate of drug-likeness (QED) is 0.740. The van der Waals surface area contributed by atoms with Gasteiger partial charge in [0.2, 0.25) is 0 Å². The van der Waals surface area contributed by atoms with Gasteiger partial charge in [0.25, 0.3) is 5.91 Å². The molecule has 2 aromatic rings. The average molecular weight is 353 g/mol. The minimum absolute atomic E-state index is 0.107. The number of amides is 1. The molecule has 0 bridgehead atoms. The number of rotatable bonds is 5. The van der Waals surface area contributed by atoms with Crippen LogP contribution < -0.4 is 10.3 Å². The molecule has 1 aliphatic carbocycles. The lowest BCUT2D eigenvalue weighted by atomic mass is 9.86. The topological polar surface area (TPSA) is 92.2 Å². The number of benzene rings is 1. The first-order valence-corrected chi connectivity index (χ1v) is 8.73. The van der Waals surface area contributed by atoms with Crippen LogP contribution in [0.2, 0.25) is 0 Å². The molecule has 1 saturated carbocycles. The van der Waals surface area contributed by atoms with Crippen molar-refractivity contribution in [2.24, 2.45) is 5.10 Å². The van der Waals surface area contributed by atoms with E-state index in [9.17, 15) is 9.90 Å². The van der Waals surface area contributed by atoms with Gasteiger partial charge >= 0.3 is 0 Å². The van der Waals surface area contributed by atoms with E-state index in [1.54, 1.807) is 19.2 Å². The molecule has 3 N–H and O–H groups in total. The van der Waals surface area contributed by atoms with Crippen LogP contribution in [0.3, 0.4) is 0 Å². The molecule has 1 aromatic heterocycles. The fourth-order valence-corrected chi connectivity index (χ4v) is 3.20.